The Morgan fingerprint density at radius 2 is 2.43 bits per heavy atom. The molecular formula is C10H12BrNO2. The Kier molecular flexibility index (Phi) is 3.95. The van der Waals surface area contributed by atoms with E-state index in [-0.39, 0.29) is 5.91 Å². The van der Waals surface area contributed by atoms with Gasteiger partial charge in [-0.25, -0.2) is 0 Å². The standard InChI is InChI=1S/C10H12BrNO2/c1-3-9-8(4-5-14-9)10(13)12-6-7(2)11/h4-5H,2-3,6H2,1H3,(H,12,13). The molecule has 1 heterocycles. The first-order chi connectivity index (χ1) is 6.65. The van der Waals surface area contributed by atoms with Crippen LogP contribution in [0, 0.1) is 0 Å². The summed E-state index contributed by atoms with van der Waals surface area (Å²) in [6, 6.07) is 1.67. The number of carbonyl (C=O) groups excluding carboxylic acids is 1. The lowest BCUT2D eigenvalue weighted by molar-refractivity contribution is 0.0956. The molecule has 0 aliphatic carbocycles. The van der Waals surface area contributed by atoms with Crippen LogP contribution < -0.4 is 5.32 Å². The number of hydrogen-bond acceptors (Lipinski definition) is 2. The molecule has 1 rings (SSSR count). The topological polar surface area (TPSA) is 42.2 Å². The van der Waals surface area contributed by atoms with E-state index in [0.717, 1.165) is 4.48 Å². The number of halogens is 1. The Labute approximate surface area is 91.3 Å². The summed E-state index contributed by atoms with van der Waals surface area (Å²) in [6.45, 7) is 6.00. The van der Waals surface area contributed by atoms with Crippen LogP contribution in [-0.2, 0) is 6.42 Å². The largest absolute Gasteiger partial charge is 0.469 e. The van der Waals surface area contributed by atoms with Crippen LogP contribution in [0.2, 0.25) is 0 Å². The van der Waals surface area contributed by atoms with E-state index in [0.29, 0.717) is 24.3 Å². The molecule has 1 amide bonds. The quantitative estimate of drug-likeness (QED) is 0.901. The molecule has 1 aromatic heterocycles. The summed E-state index contributed by atoms with van der Waals surface area (Å²) < 4.78 is 5.89. The van der Waals surface area contributed by atoms with Gasteiger partial charge in [0.2, 0.25) is 0 Å². The molecule has 0 aliphatic heterocycles. The van der Waals surface area contributed by atoms with Gasteiger partial charge in [0.1, 0.15) is 5.76 Å². The lowest BCUT2D eigenvalue weighted by Gasteiger charge is -2.02. The fourth-order valence-corrected chi connectivity index (χ4v) is 1.23. The lowest BCUT2D eigenvalue weighted by atomic mass is 10.2. The maximum atomic E-state index is 11.6. The molecule has 76 valence electrons. The van der Waals surface area contributed by atoms with Crippen molar-refractivity contribution in [3.8, 4) is 0 Å². The predicted molar refractivity (Wildman–Crippen MR) is 58.5 cm³/mol. The zero-order valence-electron chi connectivity index (χ0n) is 7.97. The molecular weight excluding hydrogens is 246 g/mol. The molecule has 3 nitrogen and oxygen atoms in total. The van der Waals surface area contributed by atoms with Crippen molar-refractivity contribution in [1.29, 1.82) is 0 Å². The average Bonchev–Trinajstić information content (AvgIpc) is 2.61. The zero-order chi connectivity index (χ0) is 10.6. The van der Waals surface area contributed by atoms with Gasteiger partial charge in [-0.15, -0.1) is 0 Å². The van der Waals surface area contributed by atoms with Gasteiger partial charge in [-0.05, 0) is 6.07 Å². The maximum Gasteiger partial charge on any atom is 0.255 e. The van der Waals surface area contributed by atoms with Gasteiger partial charge in [-0.3, -0.25) is 4.79 Å². The Balaban J connectivity index is 2.64. The fraction of sp³-hybridized carbons (Fsp3) is 0.300. The second kappa shape index (κ2) is 5.00. The van der Waals surface area contributed by atoms with E-state index in [9.17, 15) is 4.79 Å². The minimum atomic E-state index is -0.129. The molecule has 0 radical (unpaired) electrons. The minimum absolute atomic E-state index is 0.129. The van der Waals surface area contributed by atoms with Crippen LogP contribution in [0.3, 0.4) is 0 Å². The first kappa shape index (κ1) is 11.0. The lowest BCUT2D eigenvalue weighted by Crippen LogP contribution is -2.24. The Bertz CT molecular complexity index is 344. The number of carbonyl (C=O) groups is 1. The van der Waals surface area contributed by atoms with E-state index in [1.807, 2.05) is 6.92 Å². The molecule has 0 aromatic carbocycles. The molecule has 0 aliphatic rings. The Morgan fingerprint density at radius 1 is 1.71 bits per heavy atom. The van der Waals surface area contributed by atoms with Crippen molar-refractivity contribution in [2.45, 2.75) is 13.3 Å². The highest BCUT2D eigenvalue weighted by molar-refractivity contribution is 9.11. The van der Waals surface area contributed by atoms with Crippen LogP contribution >= 0.6 is 15.9 Å². The average molecular weight is 258 g/mol. The van der Waals surface area contributed by atoms with Gasteiger partial charge < -0.3 is 9.73 Å². The normalized spacial score (nSPS) is 9.86. The summed E-state index contributed by atoms with van der Waals surface area (Å²) in [4.78, 5) is 11.6. The molecule has 0 saturated heterocycles. The van der Waals surface area contributed by atoms with E-state index < -0.39 is 0 Å². The highest BCUT2D eigenvalue weighted by Crippen LogP contribution is 2.11. The monoisotopic (exact) mass is 257 g/mol. The molecule has 0 fully saturated rings. The SMILES string of the molecule is C=C(Br)CNC(=O)c1ccoc1CC. The molecule has 0 saturated carbocycles. The fourth-order valence-electron chi connectivity index (χ4n) is 1.09. The molecule has 14 heavy (non-hydrogen) atoms. The zero-order valence-corrected chi connectivity index (χ0v) is 9.56. The van der Waals surface area contributed by atoms with Crippen molar-refractivity contribution in [2.24, 2.45) is 0 Å². The third kappa shape index (κ3) is 2.73. The summed E-state index contributed by atoms with van der Waals surface area (Å²) >= 11 is 3.17. The molecule has 0 unspecified atom stereocenters. The van der Waals surface area contributed by atoms with Crippen molar-refractivity contribution < 1.29 is 9.21 Å². The van der Waals surface area contributed by atoms with Crippen LogP contribution in [0.25, 0.3) is 0 Å². The van der Waals surface area contributed by atoms with Gasteiger partial charge in [0.15, 0.2) is 0 Å². The predicted octanol–water partition coefficient (Wildman–Crippen LogP) is 2.48. The first-order valence-corrected chi connectivity index (χ1v) is 5.12. The van der Waals surface area contributed by atoms with Crippen LogP contribution in [0.15, 0.2) is 27.8 Å². The summed E-state index contributed by atoms with van der Waals surface area (Å²) in [5, 5.41) is 2.71. The molecule has 1 aromatic rings. The van der Waals surface area contributed by atoms with E-state index in [2.05, 4.69) is 27.8 Å². The van der Waals surface area contributed by atoms with Crippen molar-refractivity contribution in [3.05, 3.63) is 34.7 Å². The summed E-state index contributed by atoms with van der Waals surface area (Å²) in [6.07, 6.45) is 2.24. The Hall–Kier alpha value is -1.03. The van der Waals surface area contributed by atoms with Gasteiger partial charge in [-0.2, -0.15) is 0 Å². The van der Waals surface area contributed by atoms with E-state index in [4.69, 9.17) is 4.42 Å². The number of furan rings is 1. The van der Waals surface area contributed by atoms with E-state index in [1.165, 1.54) is 6.26 Å². The molecule has 0 bridgehead atoms. The third-order valence-corrected chi connectivity index (χ3v) is 2.03. The number of hydrogen-bond donors (Lipinski definition) is 1. The highest BCUT2D eigenvalue weighted by Gasteiger charge is 2.12. The smallest absolute Gasteiger partial charge is 0.255 e. The van der Waals surface area contributed by atoms with Crippen molar-refractivity contribution in [2.75, 3.05) is 6.54 Å². The van der Waals surface area contributed by atoms with E-state index in [1.54, 1.807) is 6.07 Å². The van der Waals surface area contributed by atoms with Crippen molar-refractivity contribution in [1.82, 2.24) is 5.32 Å². The van der Waals surface area contributed by atoms with Gasteiger partial charge >= 0.3 is 0 Å². The second-order valence-electron chi connectivity index (χ2n) is 2.81. The number of aryl methyl sites for hydroxylation is 1. The maximum absolute atomic E-state index is 11.6. The van der Waals surface area contributed by atoms with Crippen LogP contribution in [-0.4, -0.2) is 12.5 Å². The van der Waals surface area contributed by atoms with Gasteiger partial charge in [-0.1, -0.05) is 29.4 Å². The molecule has 1 N–H and O–H groups in total. The van der Waals surface area contributed by atoms with Crippen molar-refractivity contribution in [3.63, 3.8) is 0 Å². The molecule has 0 atom stereocenters. The number of nitrogens with one attached hydrogen (secondary N) is 1. The minimum Gasteiger partial charge on any atom is -0.469 e. The molecule has 0 spiro atoms. The molecule has 4 heteroatoms. The summed E-state index contributed by atoms with van der Waals surface area (Å²) in [7, 11) is 0. The highest BCUT2D eigenvalue weighted by atomic mass is 79.9. The number of amides is 1. The van der Waals surface area contributed by atoms with Crippen LogP contribution in [0.1, 0.15) is 23.0 Å². The van der Waals surface area contributed by atoms with Gasteiger partial charge in [0.25, 0.3) is 5.91 Å². The third-order valence-electron chi connectivity index (χ3n) is 1.75. The van der Waals surface area contributed by atoms with Gasteiger partial charge in [0.05, 0.1) is 11.8 Å². The van der Waals surface area contributed by atoms with Crippen LogP contribution in [0.4, 0.5) is 0 Å². The summed E-state index contributed by atoms with van der Waals surface area (Å²) in [5.41, 5.74) is 0.598. The summed E-state index contributed by atoms with van der Waals surface area (Å²) in [5.74, 6) is 0.582. The van der Waals surface area contributed by atoms with E-state index >= 15 is 0 Å². The van der Waals surface area contributed by atoms with Crippen LogP contribution in [0.5, 0.6) is 0 Å². The first-order valence-electron chi connectivity index (χ1n) is 4.33. The Morgan fingerprint density at radius 3 is 3.00 bits per heavy atom. The van der Waals surface area contributed by atoms with Gasteiger partial charge in [0, 0.05) is 17.4 Å². The number of rotatable bonds is 4. The second-order valence-corrected chi connectivity index (χ2v) is 3.93. The van der Waals surface area contributed by atoms with Crippen molar-refractivity contribution >= 4 is 21.8 Å².